The van der Waals surface area contributed by atoms with E-state index in [9.17, 15) is 9.18 Å². The van der Waals surface area contributed by atoms with Crippen molar-refractivity contribution in [2.75, 3.05) is 25.5 Å². The van der Waals surface area contributed by atoms with Gasteiger partial charge in [0.05, 0.1) is 12.0 Å². The van der Waals surface area contributed by atoms with E-state index in [1.54, 1.807) is 7.11 Å². The van der Waals surface area contributed by atoms with E-state index in [0.29, 0.717) is 28.4 Å². The fourth-order valence-corrected chi connectivity index (χ4v) is 3.89. The van der Waals surface area contributed by atoms with E-state index in [1.165, 1.54) is 24.6 Å². The lowest BCUT2D eigenvalue weighted by Gasteiger charge is -2.14. The highest BCUT2D eigenvalue weighted by Crippen LogP contribution is 2.27. The number of anilines is 1. The molecule has 0 aromatic carbocycles. The lowest BCUT2D eigenvalue weighted by molar-refractivity contribution is -0.114. The second-order valence-electron chi connectivity index (χ2n) is 6.06. The van der Waals surface area contributed by atoms with E-state index in [4.69, 9.17) is 4.74 Å². The fourth-order valence-electron chi connectivity index (χ4n) is 2.96. The van der Waals surface area contributed by atoms with E-state index < -0.39 is 5.95 Å². The molecule has 0 bridgehead atoms. The molecule has 3 rings (SSSR count). The summed E-state index contributed by atoms with van der Waals surface area (Å²) >= 11 is 1.19. The molecular weight excluding hydrogens is 345 g/mol. The highest BCUT2D eigenvalue weighted by molar-refractivity contribution is 7.15. The van der Waals surface area contributed by atoms with Crippen LogP contribution in [0.5, 0.6) is 5.88 Å². The average molecular weight is 365 g/mol. The third-order valence-electron chi connectivity index (χ3n) is 4.08. The number of hydrogen-bond donors (Lipinski definition) is 1. The molecule has 1 N–H and O–H groups in total. The number of halogens is 1. The van der Waals surface area contributed by atoms with Gasteiger partial charge >= 0.3 is 0 Å². The van der Waals surface area contributed by atoms with E-state index >= 15 is 0 Å². The van der Waals surface area contributed by atoms with Gasteiger partial charge in [0.25, 0.3) is 0 Å². The van der Waals surface area contributed by atoms with Crippen LogP contribution in [-0.4, -0.2) is 46.0 Å². The Morgan fingerprint density at radius 3 is 3.12 bits per heavy atom. The number of hydrogen-bond acceptors (Lipinski definition) is 7. The Balaban J connectivity index is 1.56. The largest absolute Gasteiger partial charge is 0.481 e. The second-order valence-corrected chi connectivity index (χ2v) is 7.14. The van der Waals surface area contributed by atoms with E-state index in [0.717, 1.165) is 31.6 Å². The summed E-state index contributed by atoms with van der Waals surface area (Å²) in [5.41, 5.74) is 0.954. The van der Waals surface area contributed by atoms with Gasteiger partial charge in [0.1, 0.15) is 6.33 Å². The number of carbonyl (C=O) groups is 1. The molecule has 1 unspecified atom stereocenters. The maximum Gasteiger partial charge on any atom is 0.230 e. The van der Waals surface area contributed by atoms with E-state index in [1.807, 2.05) is 6.07 Å². The lowest BCUT2D eigenvalue weighted by Crippen LogP contribution is -2.20. The van der Waals surface area contributed by atoms with Gasteiger partial charge in [-0.25, -0.2) is 9.97 Å². The summed E-state index contributed by atoms with van der Waals surface area (Å²) < 4.78 is 19.1. The van der Waals surface area contributed by atoms with Gasteiger partial charge in [0, 0.05) is 31.8 Å². The van der Waals surface area contributed by atoms with Crippen molar-refractivity contribution in [1.82, 2.24) is 19.9 Å². The summed E-state index contributed by atoms with van der Waals surface area (Å²) in [4.78, 5) is 25.9. The summed E-state index contributed by atoms with van der Waals surface area (Å²) in [6.45, 7) is 3.66. The molecule has 0 saturated carbocycles. The normalized spacial score (nSPS) is 17.6. The number of methoxy groups -OCH3 is 1. The number of nitrogens with one attached hydrogen (secondary N) is 1. The van der Waals surface area contributed by atoms with Crippen molar-refractivity contribution in [2.45, 2.75) is 26.3 Å². The van der Waals surface area contributed by atoms with Crippen LogP contribution in [0.15, 0.2) is 12.4 Å². The Kier molecular flexibility index (Phi) is 5.54. The predicted molar refractivity (Wildman–Crippen MR) is 92.0 cm³/mol. The van der Waals surface area contributed by atoms with Crippen LogP contribution < -0.4 is 10.1 Å². The SMILES string of the molecule is COc1cc(CC2CCN(Cc3sc(NC(C)=O)nc3F)C2)ncn1. The topological polar surface area (TPSA) is 80.2 Å². The summed E-state index contributed by atoms with van der Waals surface area (Å²) in [7, 11) is 1.59. The van der Waals surface area contributed by atoms with Crippen molar-refractivity contribution in [3.05, 3.63) is 28.9 Å². The van der Waals surface area contributed by atoms with Crippen LogP contribution in [-0.2, 0) is 17.8 Å². The first-order chi connectivity index (χ1) is 12.0. The van der Waals surface area contributed by atoms with Gasteiger partial charge in [0.2, 0.25) is 17.7 Å². The van der Waals surface area contributed by atoms with Crippen LogP contribution in [0.4, 0.5) is 9.52 Å². The summed E-state index contributed by atoms with van der Waals surface area (Å²) in [5.74, 6) is 0.280. The Labute approximate surface area is 149 Å². The lowest BCUT2D eigenvalue weighted by atomic mass is 10.0. The fraction of sp³-hybridized carbons (Fsp3) is 0.500. The zero-order chi connectivity index (χ0) is 17.8. The number of likely N-dealkylation sites (tertiary alicyclic amines) is 1. The molecule has 1 amide bonds. The van der Waals surface area contributed by atoms with Gasteiger partial charge in [-0.2, -0.15) is 9.37 Å². The van der Waals surface area contributed by atoms with Crippen LogP contribution in [0.2, 0.25) is 0 Å². The molecule has 3 heterocycles. The third-order valence-corrected chi connectivity index (χ3v) is 5.01. The van der Waals surface area contributed by atoms with Gasteiger partial charge in [0.15, 0.2) is 5.13 Å². The maximum atomic E-state index is 13.9. The number of amides is 1. The number of nitrogens with zero attached hydrogens (tertiary/aromatic N) is 4. The zero-order valence-electron chi connectivity index (χ0n) is 14.2. The maximum absolute atomic E-state index is 13.9. The molecule has 9 heteroatoms. The minimum absolute atomic E-state index is 0.248. The number of carbonyl (C=O) groups excluding carboxylic acids is 1. The molecule has 0 aliphatic carbocycles. The Morgan fingerprint density at radius 1 is 1.52 bits per heavy atom. The van der Waals surface area contributed by atoms with Gasteiger partial charge in [-0.1, -0.05) is 11.3 Å². The molecule has 0 spiro atoms. The van der Waals surface area contributed by atoms with Crippen LogP contribution in [0.1, 0.15) is 23.9 Å². The highest BCUT2D eigenvalue weighted by Gasteiger charge is 2.25. The second kappa shape index (κ2) is 7.83. The molecule has 7 nitrogen and oxygen atoms in total. The Hall–Kier alpha value is -2.13. The van der Waals surface area contributed by atoms with Crippen molar-refractivity contribution in [2.24, 2.45) is 5.92 Å². The van der Waals surface area contributed by atoms with Crippen LogP contribution in [0.25, 0.3) is 0 Å². The Morgan fingerprint density at radius 2 is 2.36 bits per heavy atom. The Bertz CT molecular complexity index is 754. The minimum Gasteiger partial charge on any atom is -0.481 e. The number of rotatable bonds is 6. The first kappa shape index (κ1) is 17.7. The molecular formula is C16H20FN5O2S. The van der Waals surface area contributed by atoms with Crippen LogP contribution in [0.3, 0.4) is 0 Å². The van der Waals surface area contributed by atoms with Gasteiger partial charge in [-0.3, -0.25) is 9.69 Å². The molecule has 2 aromatic heterocycles. The smallest absolute Gasteiger partial charge is 0.230 e. The summed E-state index contributed by atoms with van der Waals surface area (Å²) in [5, 5.41) is 2.84. The predicted octanol–water partition coefficient (Wildman–Crippen LogP) is 2.10. The van der Waals surface area contributed by atoms with Crippen molar-refractivity contribution in [1.29, 1.82) is 0 Å². The van der Waals surface area contributed by atoms with Crippen molar-refractivity contribution < 1.29 is 13.9 Å². The highest BCUT2D eigenvalue weighted by atomic mass is 32.1. The first-order valence-corrected chi connectivity index (χ1v) is 8.85. The molecule has 1 saturated heterocycles. The van der Waals surface area contributed by atoms with Crippen molar-refractivity contribution in [3.63, 3.8) is 0 Å². The molecule has 1 aliphatic heterocycles. The van der Waals surface area contributed by atoms with Gasteiger partial charge in [-0.05, 0) is 25.3 Å². The molecule has 134 valence electrons. The van der Waals surface area contributed by atoms with Crippen molar-refractivity contribution in [3.8, 4) is 5.88 Å². The monoisotopic (exact) mass is 365 g/mol. The van der Waals surface area contributed by atoms with Gasteiger partial charge < -0.3 is 10.1 Å². The van der Waals surface area contributed by atoms with Crippen LogP contribution >= 0.6 is 11.3 Å². The number of ether oxygens (including phenoxy) is 1. The van der Waals surface area contributed by atoms with E-state index in [2.05, 4.69) is 25.2 Å². The first-order valence-electron chi connectivity index (χ1n) is 8.03. The zero-order valence-corrected chi connectivity index (χ0v) is 15.0. The third kappa shape index (κ3) is 4.70. The average Bonchev–Trinajstić information content (AvgIpc) is 3.14. The number of thiazole rings is 1. The molecule has 0 radical (unpaired) electrons. The minimum atomic E-state index is -0.502. The molecule has 1 fully saturated rings. The summed E-state index contributed by atoms with van der Waals surface area (Å²) in [6, 6.07) is 1.85. The summed E-state index contributed by atoms with van der Waals surface area (Å²) in [6.07, 6.45) is 3.39. The van der Waals surface area contributed by atoms with Crippen LogP contribution in [0, 0.1) is 11.9 Å². The number of aromatic nitrogens is 3. The molecule has 1 aliphatic rings. The van der Waals surface area contributed by atoms with Crippen molar-refractivity contribution >= 4 is 22.4 Å². The molecule has 25 heavy (non-hydrogen) atoms. The quantitative estimate of drug-likeness (QED) is 0.844. The molecule has 2 aromatic rings. The van der Waals surface area contributed by atoms with Gasteiger partial charge in [-0.15, -0.1) is 0 Å². The van der Waals surface area contributed by atoms with E-state index in [-0.39, 0.29) is 5.91 Å². The standard InChI is InChI=1S/C16H20FN5O2S/c1-10(23)20-16-21-15(17)13(25-16)8-22-4-3-11(7-22)5-12-6-14(24-2)19-9-18-12/h6,9,11H,3-5,7-8H2,1-2H3,(H,20,21,23). The molecule has 1 atom stereocenters.